The monoisotopic (exact) mass is 482 g/mol. The van der Waals surface area contributed by atoms with E-state index in [9.17, 15) is 0 Å². The molecular weight excluding hydrogens is 455 g/mol. The summed E-state index contributed by atoms with van der Waals surface area (Å²) in [5, 5.41) is 6.55. The largest absolute Gasteiger partial charge is 0.493 e. The molecule has 146 valence electrons. The number of pyridine rings is 1. The molecule has 1 aromatic carbocycles. The van der Waals surface area contributed by atoms with Crippen molar-refractivity contribution >= 4 is 29.9 Å². The maximum absolute atomic E-state index is 5.63. The molecule has 2 heterocycles. The molecule has 1 aromatic heterocycles. The van der Waals surface area contributed by atoms with E-state index < -0.39 is 0 Å². The van der Waals surface area contributed by atoms with Crippen molar-refractivity contribution < 1.29 is 9.47 Å². The van der Waals surface area contributed by atoms with Gasteiger partial charge in [0.05, 0.1) is 19.3 Å². The Kier molecular flexibility index (Phi) is 9.17. The summed E-state index contributed by atoms with van der Waals surface area (Å²) in [7, 11) is 0. The van der Waals surface area contributed by atoms with Crippen molar-refractivity contribution in [2.45, 2.75) is 19.8 Å². The minimum Gasteiger partial charge on any atom is -0.493 e. The summed E-state index contributed by atoms with van der Waals surface area (Å²) in [5.74, 6) is 2.62. The number of ether oxygens (including phenoxy) is 2. The van der Waals surface area contributed by atoms with E-state index in [1.807, 2.05) is 12.1 Å². The van der Waals surface area contributed by atoms with Crippen molar-refractivity contribution in [1.82, 2.24) is 15.6 Å². The number of halogens is 1. The van der Waals surface area contributed by atoms with Crippen LogP contribution in [0.5, 0.6) is 11.5 Å². The van der Waals surface area contributed by atoms with E-state index in [1.165, 1.54) is 11.1 Å². The number of nitrogens with zero attached hydrogens (tertiary/aromatic N) is 2. The molecule has 0 saturated carbocycles. The predicted octanol–water partition coefficient (Wildman–Crippen LogP) is 2.81. The topological polar surface area (TPSA) is 67.8 Å². The summed E-state index contributed by atoms with van der Waals surface area (Å²) in [6.07, 6.45) is 5.36. The maximum atomic E-state index is 5.63. The van der Waals surface area contributed by atoms with Gasteiger partial charge in [0.2, 0.25) is 0 Å². The molecule has 0 bridgehead atoms. The number of aliphatic imine (C=N–C) groups is 1. The molecule has 0 atom stereocenters. The summed E-state index contributed by atoms with van der Waals surface area (Å²) in [6.45, 7) is 5.65. The Hall–Kier alpha value is -2.03. The lowest BCUT2D eigenvalue weighted by Crippen LogP contribution is -2.39. The third-order valence-electron chi connectivity index (χ3n) is 4.07. The number of hydrogen-bond donors (Lipinski definition) is 2. The molecule has 7 heteroatoms. The fraction of sp³-hybridized carbons (Fsp3) is 0.400. The van der Waals surface area contributed by atoms with Crippen molar-refractivity contribution in [1.29, 1.82) is 0 Å². The number of hydrogen-bond acceptors (Lipinski definition) is 4. The number of benzene rings is 1. The van der Waals surface area contributed by atoms with Crippen LogP contribution in [0.2, 0.25) is 0 Å². The van der Waals surface area contributed by atoms with Crippen LogP contribution in [0, 0.1) is 0 Å². The van der Waals surface area contributed by atoms with E-state index in [4.69, 9.17) is 9.47 Å². The highest BCUT2D eigenvalue weighted by molar-refractivity contribution is 14.0. The quantitative estimate of drug-likeness (QED) is 0.262. The van der Waals surface area contributed by atoms with Gasteiger partial charge < -0.3 is 20.1 Å². The van der Waals surface area contributed by atoms with E-state index in [0.29, 0.717) is 13.2 Å². The molecule has 2 aromatic rings. The zero-order valence-electron chi connectivity index (χ0n) is 15.6. The van der Waals surface area contributed by atoms with Gasteiger partial charge in [-0.25, -0.2) is 0 Å². The Balaban J connectivity index is 0.00000261. The fourth-order valence-corrected chi connectivity index (χ4v) is 2.80. The summed E-state index contributed by atoms with van der Waals surface area (Å²) in [6, 6.07) is 10.2. The average molecular weight is 482 g/mol. The Labute approximate surface area is 177 Å². The van der Waals surface area contributed by atoms with Crippen LogP contribution in [-0.4, -0.2) is 43.8 Å². The lowest BCUT2D eigenvalue weighted by Gasteiger charge is -2.12. The molecule has 27 heavy (non-hydrogen) atoms. The molecule has 3 rings (SSSR count). The average Bonchev–Trinajstić information content (AvgIpc) is 3.14. The first-order chi connectivity index (χ1) is 12.8. The number of nitrogens with one attached hydrogen (secondary N) is 2. The summed E-state index contributed by atoms with van der Waals surface area (Å²) in [4.78, 5) is 8.67. The standard InChI is InChI=1S/C20H26N4O2.HI/c1-2-22-20(24-11-13-25-18-4-3-9-21-15-18)23-10-7-16-5-6-19-17(14-16)8-12-26-19;/h3-6,9,14-15H,2,7-8,10-13H2,1H3,(H2,22,23,24);1H. The van der Waals surface area contributed by atoms with Gasteiger partial charge in [0.25, 0.3) is 0 Å². The molecule has 0 unspecified atom stereocenters. The fourth-order valence-electron chi connectivity index (χ4n) is 2.80. The molecule has 0 amide bonds. The van der Waals surface area contributed by atoms with Gasteiger partial charge in [0.1, 0.15) is 18.1 Å². The van der Waals surface area contributed by atoms with Crippen LogP contribution < -0.4 is 20.1 Å². The first-order valence-corrected chi connectivity index (χ1v) is 9.15. The third kappa shape index (κ3) is 6.89. The summed E-state index contributed by atoms with van der Waals surface area (Å²) < 4.78 is 11.2. The van der Waals surface area contributed by atoms with E-state index in [2.05, 4.69) is 45.7 Å². The molecule has 1 aliphatic rings. The highest BCUT2D eigenvalue weighted by atomic mass is 127. The Bertz CT molecular complexity index is 725. The van der Waals surface area contributed by atoms with Crippen LogP contribution in [0.15, 0.2) is 47.7 Å². The molecular formula is C20H27IN4O2. The van der Waals surface area contributed by atoms with E-state index in [1.54, 1.807) is 12.4 Å². The van der Waals surface area contributed by atoms with E-state index >= 15 is 0 Å². The van der Waals surface area contributed by atoms with Gasteiger partial charge >= 0.3 is 0 Å². The Morgan fingerprint density at radius 2 is 2.22 bits per heavy atom. The van der Waals surface area contributed by atoms with Crippen LogP contribution >= 0.6 is 24.0 Å². The smallest absolute Gasteiger partial charge is 0.191 e. The molecule has 1 aliphatic heterocycles. The predicted molar refractivity (Wildman–Crippen MR) is 118 cm³/mol. The number of fused-ring (bicyclic) bond motifs is 1. The van der Waals surface area contributed by atoms with Gasteiger partial charge in [-0.05, 0) is 42.7 Å². The van der Waals surface area contributed by atoms with Crippen molar-refractivity contribution in [3.63, 3.8) is 0 Å². The van der Waals surface area contributed by atoms with E-state index in [0.717, 1.165) is 50.0 Å². The minimum absolute atomic E-state index is 0. The molecule has 0 saturated heterocycles. The second-order valence-electron chi connectivity index (χ2n) is 6.02. The zero-order chi connectivity index (χ0) is 18.0. The zero-order valence-corrected chi connectivity index (χ0v) is 17.9. The van der Waals surface area contributed by atoms with Crippen LogP contribution in [0.4, 0.5) is 0 Å². The van der Waals surface area contributed by atoms with Crippen LogP contribution in [-0.2, 0) is 12.8 Å². The van der Waals surface area contributed by atoms with Gasteiger partial charge in [-0.3, -0.25) is 9.98 Å². The van der Waals surface area contributed by atoms with Gasteiger partial charge in [0.15, 0.2) is 5.96 Å². The van der Waals surface area contributed by atoms with Gasteiger partial charge in [-0.15, -0.1) is 24.0 Å². The lowest BCUT2D eigenvalue weighted by molar-refractivity contribution is 0.320. The molecule has 0 radical (unpaired) electrons. The van der Waals surface area contributed by atoms with Gasteiger partial charge in [0, 0.05) is 25.7 Å². The molecule has 0 fully saturated rings. The number of guanidine groups is 1. The number of aromatic nitrogens is 1. The van der Waals surface area contributed by atoms with Crippen LogP contribution in [0.25, 0.3) is 0 Å². The first-order valence-electron chi connectivity index (χ1n) is 9.15. The Morgan fingerprint density at radius 1 is 1.30 bits per heavy atom. The summed E-state index contributed by atoms with van der Waals surface area (Å²) in [5.41, 5.74) is 2.61. The normalized spacial score (nSPS) is 12.6. The molecule has 2 N–H and O–H groups in total. The summed E-state index contributed by atoms with van der Waals surface area (Å²) >= 11 is 0. The van der Waals surface area contributed by atoms with Crippen LogP contribution in [0.3, 0.4) is 0 Å². The van der Waals surface area contributed by atoms with E-state index in [-0.39, 0.29) is 24.0 Å². The van der Waals surface area contributed by atoms with Crippen molar-refractivity contribution in [3.8, 4) is 11.5 Å². The molecule has 0 aliphatic carbocycles. The third-order valence-corrected chi connectivity index (χ3v) is 4.07. The SMILES string of the molecule is CCNC(=NCCc1ccc2c(c1)CCO2)NCCOc1cccnc1.I. The maximum Gasteiger partial charge on any atom is 0.191 e. The second kappa shape index (κ2) is 11.6. The minimum atomic E-state index is 0. The van der Waals surface area contributed by atoms with Gasteiger partial charge in [-0.1, -0.05) is 12.1 Å². The first kappa shape index (κ1) is 21.3. The van der Waals surface area contributed by atoms with Crippen LogP contribution in [0.1, 0.15) is 18.1 Å². The van der Waals surface area contributed by atoms with Crippen molar-refractivity contribution in [2.24, 2.45) is 4.99 Å². The van der Waals surface area contributed by atoms with Crippen molar-refractivity contribution in [2.75, 3.05) is 32.8 Å². The molecule has 6 nitrogen and oxygen atoms in total. The van der Waals surface area contributed by atoms with Crippen molar-refractivity contribution in [3.05, 3.63) is 53.9 Å². The lowest BCUT2D eigenvalue weighted by atomic mass is 10.1. The van der Waals surface area contributed by atoms with Gasteiger partial charge in [-0.2, -0.15) is 0 Å². The number of rotatable bonds is 8. The Morgan fingerprint density at radius 3 is 3.04 bits per heavy atom. The highest BCUT2D eigenvalue weighted by Gasteiger charge is 2.11. The second-order valence-corrected chi connectivity index (χ2v) is 6.02. The molecule has 0 spiro atoms. The highest BCUT2D eigenvalue weighted by Crippen LogP contribution is 2.25.